The molecular formula is C28H26Cl2N2O5. The molecule has 1 N–H and O–H groups in total. The van der Waals surface area contributed by atoms with E-state index >= 15 is 0 Å². The normalized spacial score (nSPS) is 22.8. The highest BCUT2D eigenvalue weighted by Crippen LogP contribution is 2.47. The van der Waals surface area contributed by atoms with Gasteiger partial charge in [0.2, 0.25) is 0 Å². The molecule has 0 unspecified atom stereocenters. The van der Waals surface area contributed by atoms with Gasteiger partial charge in [0.25, 0.3) is 0 Å². The molecule has 2 aliphatic heterocycles. The van der Waals surface area contributed by atoms with Crippen LogP contribution in [0.5, 0.6) is 0 Å². The molecule has 1 aromatic heterocycles. The first-order valence-electron chi connectivity index (χ1n) is 12.6. The molecule has 2 saturated heterocycles. The summed E-state index contributed by atoms with van der Waals surface area (Å²) in [5.74, 6) is -0.592. The molecule has 3 aromatic rings. The topological polar surface area (TPSA) is 92.9 Å². The number of anilines is 1. The van der Waals surface area contributed by atoms with Crippen molar-refractivity contribution in [1.82, 2.24) is 5.16 Å². The molecule has 2 aromatic carbocycles. The number of halogens is 2. The van der Waals surface area contributed by atoms with E-state index in [4.69, 9.17) is 32.5 Å². The first-order valence-corrected chi connectivity index (χ1v) is 13.4. The number of carbonyl (C=O) groups is 2. The van der Waals surface area contributed by atoms with Gasteiger partial charge in [-0.25, -0.2) is 4.79 Å². The van der Waals surface area contributed by atoms with Crippen molar-refractivity contribution in [2.75, 3.05) is 4.90 Å². The number of nitrogens with zero attached hydrogens (tertiary/aromatic N) is 2. The number of carboxylic acids is 1. The van der Waals surface area contributed by atoms with Crippen LogP contribution in [0.2, 0.25) is 10.0 Å². The Morgan fingerprint density at radius 2 is 1.70 bits per heavy atom. The van der Waals surface area contributed by atoms with Crippen molar-refractivity contribution in [3.63, 3.8) is 0 Å². The first-order chi connectivity index (χ1) is 17.9. The van der Waals surface area contributed by atoms with Crippen LogP contribution in [0, 0.1) is 0 Å². The Labute approximate surface area is 224 Å². The predicted molar refractivity (Wildman–Crippen MR) is 139 cm³/mol. The fourth-order valence-corrected chi connectivity index (χ4v) is 6.45. The van der Waals surface area contributed by atoms with E-state index in [1.165, 1.54) is 0 Å². The number of hydrogen-bond acceptors (Lipinski definition) is 6. The Bertz CT molecular complexity index is 1330. The van der Waals surface area contributed by atoms with Crippen LogP contribution in [-0.4, -0.2) is 40.4 Å². The van der Waals surface area contributed by atoms with Crippen molar-refractivity contribution in [2.24, 2.45) is 0 Å². The maximum absolute atomic E-state index is 13.6. The van der Waals surface area contributed by atoms with Crippen molar-refractivity contribution >= 4 is 40.8 Å². The number of fused-ring (bicyclic) bond motifs is 2. The van der Waals surface area contributed by atoms with Crippen LogP contribution in [-0.2, 0) is 16.0 Å². The zero-order chi connectivity index (χ0) is 25.7. The van der Waals surface area contributed by atoms with E-state index in [2.05, 4.69) is 10.1 Å². The molecule has 3 fully saturated rings. The third-order valence-corrected chi connectivity index (χ3v) is 8.23. The van der Waals surface area contributed by atoms with Gasteiger partial charge in [-0.15, -0.1) is 0 Å². The average molecular weight is 541 g/mol. The van der Waals surface area contributed by atoms with Crippen LogP contribution in [0.15, 0.2) is 47.0 Å². The molecule has 3 heterocycles. The summed E-state index contributed by atoms with van der Waals surface area (Å²) < 4.78 is 11.8. The number of esters is 1. The second-order valence-electron chi connectivity index (χ2n) is 10.2. The van der Waals surface area contributed by atoms with Gasteiger partial charge in [-0.05, 0) is 55.5 Å². The number of benzene rings is 2. The van der Waals surface area contributed by atoms with Gasteiger partial charge in [0.05, 0.1) is 16.5 Å². The monoisotopic (exact) mass is 540 g/mol. The summed E-state index contributed by atoms with van der Waals surface area (Å²) in [5, 5.41) is 14.2. The van der Waals surface area contributed by atoms with Crippen molar-refractivity contribution in [1.29, 1.82) is 0 Å². The van der Waals surface area contributed by atoms with E-state index < -0.39 is 11.9 Å². The number of carboxylic acid groups (broad SMARTS) is 1. The summed E-state index contributed by atoms with van der Waals surface area (Å²) in [4.78, 5) is 27.1. The van der Waals surface area contributed by atoms with Gasteiger partial charge in [0.1, 0.15) is 17.4 Å². The number of carbonyl (C=O) groups excluding carboxylic acids is 1. The summed E-state index contributed by atoms with van der Waals surface area (Å²) in [7, 11) is 0. The van der Waals surface area contributed by atoms with E-state index in [0.717, 1.165) is 36.9 Å². The lowest BCUT2D eigenvalue weighted by Gasteiger charge is -2.40. The highest BCUT2D eigenvalue weighted by Gasteiger charge is 2.44. The van der Waals surface area contributed by atoms with Gasteiger partial charge >= 0.3 is 11.9 Å². The zero-order valence-corrected chi connectivity index (χ0v) is 21.5. The minimum Gasteiger partial charge on any atom is -0.481 e. The van der Waals surface area contributed by atoms with Crippen LogP contribution < -0.4 is 4.90 Å². The Kier molecular flexibility index (Phi) is 6.37. The molecule has 0 amide bonds. The second kappa shape index (κ2) is 9.69. The third-order valence-electron chi connectivity index (χ3n) is 7.60. The van der Waals surface area contributed by atoms with Gasteiger partial charge < -0.3 is 19.3 Å². The molecule has 1 aliphatic carbocycles. The Hall–Kier alpha value is -3.03. The Morgan fingerprint density at radius 1 is 1.03 bits per heavy atom. The van der Waals surface area contributed by atoms with Gasteiger partial charge in [-0.2, -0.15) is 0 Å². The first kappa shape index (κ1) is 24.3. The number of aromatic nitrogens is 1. The minimum atomic E-state index is -0.845. The number of rotatable bonds is 7. The Morgan fingerprint density at radius 3 is 2.35 bits per heavy atom. The van der Waals surface area contributed by atoms with E-state index in [-0.39, 0.29) is 30.5 Å². The summed E-state index contributed by atoms with van der Waals surface area (Å²) in [6.07, 6.45) is 5.06. The molecule has 6 rings (SSSR count). The Balaban J connectivity index is 1.23. The minimum absolute atomic E-state index is 0.00288. The number of piperidine rings is 1. The van der Waals surface area contributed by atoms with Crippen LogP contribution in [0.1, 0.15) is 66.1 Å². The summed E-state index contributed by atoms with van der Waals surface area (Å²) in [6.45, 7) is 0. The molecule has 0 spiro atoms. The van der Waals surface area contributed by atoms with Crippen LogP contribution in [0.4, 0.5) is 5.69 Å². The standard InChI is InChI=1S/C28H26Cl2N2O5/c29-21-5-2-6-22(30)24(21)26-25(27(37-31-26)16-7-8-16)28(35)36-20-13-18-9-10-19(14-20)32(18)17-4-1-3-15(11-17)12-23(33)34/h1-6,11,16,18-20H,7-10,12-14H2,(H,33,34)/t18-,19+,20+. The van der Waals surface area contributed by atoms with Gasteiger partial charge in [0, 0.05) is 42.1 Å². The molecule has 37 heavy (non-hydrogen) atoms. The van der Waals surface area contributed by atoms with E-state index in [9.17, 15) is 14.7 Å². The average Bonchev–Trinajstić information content (AvgIpc) is 3.54. The maximum atomic E-state index is 13.6. The molecule has 3 aliphatic rings. The molecule has 9 heteroatoms. The molecule has 0 radical (unpaired) electrons. The van der Waals surface area contributed by atoms with E-state index in [1.54, 1.807) is 18.2 Å². The third kappa shape index (κ3) is 4.71. The summed E-state index contributed by atoms with van der Waals surface area (Å²) in [6, 6.07) is 13.4. The molecule has 192 valence electrons. The number of aliphatic carboxylic acids is 1. The molecular weight excluding hydrogens is 515 g/mol. The molecule has 2 bridgehead atoms. The summed E-state index contributed by atoms with van der Waals surface area (Å²) in [5.41, 5.74) is 2.95. The van der Waals surface area contributed by atoms with Crippen LogP contribution in [0.3, 0.4) is 0 Å². The maximum Gasteiger partial charge on any atom is 0.344 e. The van der Waals surface area contributed by atoms with Gasteiger partial charge in [0.15, 0.2) is 5.76 Å². The van der Waals surface area contributed by atoms with Crippen molar-refractivity contribution in [2.45, 2.75) is 69.1 Å². The fraction of sp³-hybridized carbons (Fsp3) is 0.393. The lowest BCUT2D eigenvalue weighted by molar-refractivity contribution is -0.136. The van der Waals surface area contributed by atoms with Crippen molar-refractivity contribution in [3.05, 3.63) is 69.4 Å². The predicted octanol–water partition coefficient (Wildman–Crippen LogP) is 6.51. The van der Waals surface area contributed by atoms with Gasteiger partial charge in [-0.3, -0.25) is 4.79 Å². The van der Waals surface area contributed by atoms with Crippen LogP contribution in [0.25, 0.3) is 11.3 Å². The zero-order valence-electron chi connectivity index (χ0n) is 20.0. The van der Waals surface area contributed by atoms with Crippen molar-refractivity contribution < 1.29 is 24.0 Å². The highest BCUT2D eigenvalue weighted by atomic mass is 35.5. The highest BCUT2D eigenvalue weighted by molar-refractivity contribution is 6.39. The van der Waals surface area contributed by atoms with Crippen LogP contribution >= 0.6 is 23.2 Å². The summed E-state index contributed by atoms with van der Waals surface area (Å²) >= 11 is 12.9. The smallest absolute Gasteiger partial charge is 0.344 e. The SMILES string of the molecule is O=C(O)Cc1cccc(N2[C@@H]3CC[C@H]2C[C@@H](OC(=O)c2c(-c4c(Cl)cccc4Cl)noc2C2CC2)C3)c1. The van der Waals surface area contributed by atoms with E-state index in [0.29, 0.717) is 45.5 Å². The lowest BCUT2D eigenvalue weighted by atomic mass is 9.97. The number of hydrogen-bond donors (Lipinski definition) is 1. The molecule has 3 atom stereocenters. The number of ether oxygens (including phenoxy) is 1. The molecule has 1 saturated carbocycles. The quantitative estimate of drug-likeness (QED) is 0.341. The van der Waals surface area contributed by atoms with E-state index in [1.807, 2.05) is 24.3 Å². The van der Waals surface area contributed by atoms with Crippen molar-refractivity contribution in [3.8, 4) is 11.3 Å². The van der Waals surface area contributed by atoms with Gasteiger partial charge in [-0.1, -0.05) is 46.6 Å². The lowest BCUT2D eigenvalue weighted by Crippen LogP contribution is -2.46. The largest absolute Gasteiger partial charge is 0.481 e. The second-order valence-corrected chi connectivity index (χ2v) is 11.0. The fourth-order valence-electron chi connectivity index (χ4n) is 5.88. The molecule has 7 nitrogen and oxygen atoms in total.